The third kappa shape index (κ3) is 4.28. The van der Waals surface area contributed by atoms with Crippen molar-refractivity contribution in [2.24, 2.45) is 0 Å². The van der Waals surface area contributed by atoms with Gasteiger partial charge in [-0.2, -0.15) is 16.3 Å². The topological polar surface area (TPSA) is 59.9 Å². The van der Waals surface area contributed by atoms with Crippen molar-refractivity contribution in [2.45, 2.75) is 37.6 Å². The molecule has 140 valence electrons. The number of thioether (sulfide) groups is 1. The van der Waals surface area contributed by atoms with Crippen LogP contribution in [0.2, 0.25) is 0 Å². The summed E-state index contributed by atoms with van der Waals surface area (Å²) in [4.78, 5) is 4.67. The number of benzene rings is 1. The zero-order valence-corrected chi connectivity index (χ0v) is 18.0. The molecule has 4 rings (SSSR count). The highest BCUT2D eigenvalue weighted by molar-refractivity contribution is 9.10. The monoisotopic (exact) mass is 462 g/mol. The predicted molar refractivity (Wildman–Crippen MR) is 115 cm³/mol. The molecule has 3 aromatic rings. The highest BCUT2D eigenvalue weighted by Gasteiger charge is 2.26. The first-order chi connectivity index (χ1) is 13.2. The van der Waals surface area contributed by atoms with Crippen molar-refractivity contribution in [3.63, 3.8) is 0 Å². The van der Waals surface area contributed by atoms with Gasteiger partial charge in [-0.15, -0.1) is 10.2 Å². The van der Waals surface area contributed by atoms with Gasteiger partial charge in [-0.3, -0.25) is 0 Å². The Hall–Kier alpha value is -1.64. The Balaban J connectivity index is 1.70. The molecule has 0 radical (unpaired) electrons. The number of halogens is 1. The van der Waals surface area contributed by atoms with Gasteiger partial charge in [0.2, 0.25) is 11.0 Å². The summed E-state index contributed by atoms with van der Waals surface area (Å²) in [5, 5.41) is 17.0. The molecule has 2 aromatic heterocycles. The molecule has 0 saturated heterocycles. The maximum atomic E-state index is 6.25. The predicted octanol–water partition coefficient (Wildman–Crippen LogP) is 6.15. The van der Waals surface area contributed by atoms with E-state index >= 15 is 0 Å². The van der Waals surface area contributed by atoms with Gasteiger partial charge in [-0.25, -0.2) is 0 Å². The molecule has 27 heavy (non-hydrogen) atoms. The van der Waals surface area contributed by atoms with Crippen LogP contribution in [0.15, 0.2) is 44.7 Å². The second kappa shape index (κ2) is 8.58. The summed E-state index contributed by atoms with van der Waals surface area (Å²) >= 11 is 6.82. The highest BCUT2D eigenvalue weighted by atomic mass is 79.9. The van der Waals surface area contributed by atoms with Gasteiger partial charge in [0.15, 0.2) is 11.9 Å². The lowest BCUT2D eigenvalue weighted by molar-refractivity contribution is 0.225. The number of nitrogens with one attached hydrogen (secondary N) is 1. The van der Waals surface area contributed by atoms with Gasteiger partial charge in [-0.1, -0.05) is 47.5 Å². The molecule has 0 bridgehead atoms. The standard InChI is InChI=1S/C19H19BrN4OS2/c1-2-3-4-8-27-19-22-18-16(23-24-19)14-10-13(20)5-6-15(14)21-17(25-18)12-7-9-26-11-12/h5-7,9-11,17,21H,2-4,8H2,1H3/t17-/m1/s1. The van der Waals surface area contributed by atoms with E-state index in [1.165, 1.54) is 12.8 Å². The number of fused-ring (bicyclic) bond motifs is 3. The van der Waals surface area contributed by atoms with Gasteiger partial charge in [0.25, 0.3) is 0 Å². The van der Waals surface area contributed by atoms with Crippen molar-refractivity contribution in [3.05, 3.63) is 45.1 Å². The van der Waals surface area contributed by atoms with Crippen LogP contribution in [-0.2, 0) is 0 Å². The van der Waals surface area contributed by atoms with Crippen LogP contribution >= 0.6 is 39.0 Å². The van der Waals surface area contributed by atoms with Crippen LogP contribution in [0.5, 0.6) is 5.88 Å². The molecule has 0 fully saturated rings. The number of ether oxygens (including phenoxy) is 1. The summed E-state index contributed by atoms with van der Waals surface area (Å²) < 4.78 is 7.22. The molecule has 1 aromatic carbocycles. The molecule has 1 atom stereocenters. The molecule has 1 aliphatic rings. The molecule has 0 amide bonds. The number of nitrogens with zero attached hydrogens (tertiary/aromatic N) is 3. The lowest BCUT2D eigenvalue weighted by Gasteiger charge is -2.17. The molecule has 3 heterocycles. The second-order valence-corrected chi connectivity index (χ2v) is 8.95. The average Bonchev–Trinajstić information content (AvgIpc) is 3.16. The minimum atomic E-state index is -0.313. The Labute approximate surface area is 175 Å². The van der Waals surface area contributed by atoms with Crippen LogP contribution in [0, 0.1) is 0 Å². The molecular formula is C19H19BrN4OS2. The Bertz CT molecular complexity index is 920. The molecular weight excluding hydrogens is 444 g/mol. The van der Waals surface area contributed by atoms with Gasteiger partial charge in [0, 0.05) is 27.0 Å². The van der Waals surface area contributed by atoms with Crippen molar-refractivity contribution in [1.82, 2.24) is 15.2 Å². The molecule has 1 N–H and O–H groups in total. The smallest absolute Gasteiger partial charge is 0.247 e. The third-order valence-corrected chi connectivity index (χ3v) is 6.33. The van der Waals surface area contributed by atoms with Gasteiger partial charge in [-0.05, 0) is 41.4 Å². The van der Waals surface area contributed by atoms with E-state index < -0.39 is 0 Å². The number of thiophene rings is 1. The second-order valence-electron chi connectivity index (χ2n) is 6.19. The normalized spacial score (nSPS) is 15.3. The Morgan fingerprint density at radius 2 is 2.19 bits per heavy atom. The number of anilines is 1. The molecule has 0 unspecified atom stereocenters. The fourth-order valence-corrected chi connectivity index (χ4v) is 4.63. The van der Waals surface area contributed by atoms with Crippen LogP contribution < -0.4 is 10.1 Å². The summed E-state index contributed by atoms with van der Waals surface area (Å²) in [7, 11) is 0. The summed E-state index contributed by atoms with van der Waals surface area (Å²) in [6.45, 7) is 2.20. The van der Waals surface area contributed by atoms with Crippen LogP contribution in [0.3, 0.4) is 0 Å². The summed E-state index contributed by atoms with van der Waals surface area (Å²) in [6, 6.07) is 8.10. The summed E-state index contributed by atoms with van der Waals surface area (Å²) in [5.74, 6) is 1.51. The maximum Gasteiger partial charge on any atom is 0.247 e. The Morgan fingerprint density at radius 3 is 3.00 bits per heavy atom. The van der Waals surface area contributed by atoms with Crippen LogP contribution in [0.4, 0.5) is 5.69 Å². The van der Waals surface area contributed by atoms with E-state index in [2.05, 4.69) is 54.8 Å². The van der Waals surface area contributed by atoms with Crippen molar-refractivity contribution in [1.29, 1.82) is 0 Å². The fourth-order valence-electron chi connectivity index (χ4n) is 2.82. The van der Waals surface area contributed by atoms with Crippen LogP contribution in [0.25, 0.3) is 11.3 Å². The Morgan fingerprint density at radius 1 is 1.26 bits per heavy atom. The highest BCUT2D eigenvalue weighted by Crippen LogP contribution is 2.41. The number of hydrogen-bond donors (Lipinski definition) is 1. The quantitative estimate of drug-likeness (QED) is 0.350. The fraction of sp³-hybridized carbons (Fsp3) is 0.316. The van der Waals surface area contributed by atoms with Crippen LogP contribution in [-0.4, -0.2) is 20.9 Å². The minimum absolute atomic E-state index is 0.313. The number of aromatic nitrogens is 3. The van der Waals surface area contributed by atoms with Gasteiger partial charge >= 0.3 is 0 Å². The van der Waals surface area contributed by atoms with Crippen LogP contribution in [0.1, 0.15) is 38.0 Å². The number of rotatable bonds is 6. The average molecular weight is 463 g/mol. The first kappa shape index (κ1) is 18.7. The summed E-state index contributed by atoms with van der Waals surface area (Å²) in [5.41, 5.74) is 3.61. The molecule has 0 saturated carbocycles. The van der Waals surface area contributed by atoms with Crippen molar-refractivity contribution >= 4 is 44.7 Å². The molecule has 1 aliphatic heterocycles. The van der Waals surface area contributed by atoms with E-state index in [9.17, 15) is 0 Å². The first-order valence-electron chi connectivity index (χ1n) is 8.87. The van der Waals surface area contributed by atoms with E-state index in [1.54, 1.807) is 23.1 Å². The van der Waals surface area contributed by atoms with E-state index in [0.717, 1.165) is 33.5 Å². The first-order valence-corrected chi connectivity index (χ1v) is 11.6. The summed E-state index contributed by atoms with van der Waals surface area (Å²) in [6.07, 6.45) is 3.25. The lowest BCUT2D eigenvalue weighted by Crippen LogP contribution is -2.16. The molecule has 5 nitrogen and oxygen atoms in total. The van der Waals surface area contributed by atoms with E-state index in [4.69, 9.17) is 4.74 Å². The number of unbranched alkanes of at least 4 members (excludes halogenated alkanes) is 2. The van der Waals surface area contributed by atoms with Gasteiger partial charge < -0.3 is 10.1 Å². The van der Waals surface area contributed by atoms with Crippen molar-refractivity contribution in [2.75, 3.05) is 11.1 Å². The SMILES string of the molecule is CCCCCSc1nnc2c(n1)O[C@H](c1ccsc1)Nc1ccc(Br)cc1-2. The number of hydrogen-bond acceptors (Lipinski definition) is 7. The Kier molecular flexibility index (Phi) is 5.95. The lowest BCUT2D eigenvalue weighted by atomic mass is 10.1. The largest absolute Gasteiger partial charge is 0.448 e. The van der Waals surface area contributed by atoms with E-state index in [-0.39, 0.29) is 6.23 Å². The van der Waals surface area contributed by atoms with Gasteiger partial charge in [0.05, 0.1) is 0 Å². The molecule has 0 spiro atoms. The van der Waals surface area contributed by atoms with Gasteiger partial charge in [0.1, 0.15) is 0 Å². The van der Waals surface area contributed by atoms with Crippen molar-refractivity contribution in [3.8, 4) is 17.1 Å². The molecule has 0 aliphatic carbocycles. The van der Waals surface area contributed by atoms with Crippen molar-refractivity contribution < 1.29 is 4.74 Å². The minimum Gasteiger partial charge on any atom is -0.448 e. The third-order valence-electron chi connectivity index (χ3n) is 4.21. The van der Waals surface area contributed by atoms with E-state index in [0.29, 0.717) is 16.7 Å². The zero-order chi connectivity index (χ0) is 18.6. The maximum absolute atomic E-state index is 6.25. The molecule has 8 heteroatoms. The van der Waals surface area contributed by atoms with E-state index in [1.807, 2.05) is 23.6 Å². The zero-order valence-electron chi connectivity index (χ0n) is 14.8.